The molecule has 0 rings (SSSR count). The SMILES string of the molecule is CCCCCCCCCCCCCCCCCCCCCC(=O)[C@](N)(CCCCN)C(=O)O. The maximum absolute atomic E-state index is 12.3. The zero-order valence-electron chi connectivity index (χ0n) is 21.9. The maximum atomic E-state index is 12.3. The molecule has 0 saturated carbocycles. The third-order valence-corrected chi connectivity index (χ3v) is 6.91. The minimum absolute atomic E-state index is 0.178. The summed E-state index contributed by atoms with van der Waals surface area (Å²) >= 11 is 0. The molecule has 0 radical (unpaired) electrons. The lowest BCUT2D eigenvalue weighted by Gasteiger charge is -2.23. The third kappa shape index (κ3) is 18.1. The number of carbonyl (C=O) groups excluding carboxylic acids is 1. The summed E-state index contributed by atoms with van der Waals surface area (Å²) in [6, 6.07) is 0. The molecular weight excluding hydrogens is 412 g/mol. The summed E-state index contributed by atoms with van der Waals surface area (Å²) in [6.07, 6.45) is 26.5. The molecule has 196 valence electrons. The maximum Gasteiger partial charge on any atom is 0.331 e. The molecule has 0 amide bonds. The Bertz CT molecular complexity index is 470. The van der Waals surface area contributed by atoms with Gasteiger partial charge in [0.05, 0.1) is 0 Å². The fraction of sp³-hybridized carbons (Fsp3) is 0.929. The van der Waals surface area contributed by atoms with Crippen LogP contribution < -0.4 is 11.5 Å². The molecule has 0 saturated heterocycles. The van der Waals surface area contributed by atoms with E-state index in [9.17, 15) is 14.7 Å². The average molecular weight is 469 g/mol. The van der Waals surface area contributed by atoms with Crippen LogP contribution in [0.3, 0.4) is 0 Å². The molecule has 0 spiro atoms. The normalized spacial score (nSPS) is 13.2. The number of ketones is 1. The lowest BCUT2D eigenvalue weighted by molar-refractivity contribution is -0.148. The molecule has 0 unspecified atom stereocenters. The highest BCUT2D eigenvalue weighted by Gasteiger charge is 2.40. The molecule has 0 heterocycles. The van der Waals surface area contributed by atoms with Crippen LogP contribution in [0, 0.1) is 0 Å². The minimum Gasteiger partial charge on any atom is -0.480 e. The van der Waals surface area contributed by atoms with Gasteiger partial charge in [-0.25, -0.2) is 4.79 Å². The highest BCUT2D eigenvalue weighted by atomic mass is 16.4. The molecule has 0 aromatic rings. The predicted octanol–water partition coefficient (Wildman–Crippen LogP) is 7.29. The van der Waals surface area contributed by atoms with Crippen molar-refractivity contribution >= 4 is 11.8 Å². The Labute approximate surface area is 204 Å². The number of hydrogen-bond acceptors (Lipinski definition) is 4. The summed E-state index contributed by atoms with van der Waals surface area (Å²) in [5.41, 5.74) is 9.63. The van der Waals surface area contributed by atoms with E-state index in [4.69, 9.17) is 11.5 Å². The van der Waals surface area contributed by atoms with Gasteiger partial charge in [-0.2, -0.15) is 0 Å². The standard InChI is InChI=1S/C28H56N2O3/c1-2-3-4-5-6-7-8-9-10-11-12-13-14-15-16-17-18-19-20-23-26(31)28(30,27(32)33)24-21-22-25-29/h2-25,29-30H2,1H3,(H,32,33)/t28-/m1/s1. The minimum atomic E-state index is -1.73. The Morgan fingerprint density at radius 1 is 0.606 bits per heavy atom. The Kier molecular flexibility index (Phi) is 22.2. The molecule has 0 fully saturated rings. The van der Waals surface area contributed by atoms with Gasteiger partial charge in [0.25, 0.3) is 0 Å². The Morgan fingerprint density at radius 2 is 0.970 bits per heavy atom. The van der Waals surface area contributed by atoms with E-state index in [2.05, 4.69) is 6.92 Å². The Morgan fingerprint density at radius 3 is 1.30 bits per heavy atom. The van der Waals surface area contributed by atoms with Gasteiger partial charge in [-0.1, -0.05) is 122 Å². The van der Waals surface area contributed by atoms with Crippen molar-refractivity contribution in [1.29, 1.82) is 0 Å². The first kappa shape index (κ1) is 32.1. The average Bonchev–Trinajstić information content (AvgIpc) is 2.80. The molecule has 0 aliphatic carbocycles. The quantitative estimate of drug-likeness (QED) is 0.0912. The number of carbonyl (C=O) groups is 2. The predicted molar refractivity (Wildman–Crippen MR) is 140 cm³/mol. The second-order valence-electron chi connectivity index (χ2n) is 10.1. The van der Waals surface area contributed by atoms with E-state index in [1.165, 1.54) is 103 Å². The molecule has 1 atom stereocenters. The van der Waals surface area contributed by atoms with Crippen molar-refractivity contribution in [2.45, 2.75) is 160 Å². The molecule has 5 N–H and O–H groups in total. The van der Waals surface area contributed by atoms with E-state index in [0.29, 0.717) is 19.4 Å². The van der Waals surface area contributed by atoms with Crippen LogP contribution in [0.5, 0.6) is 0 Å². The number of carboxylic acids is 1. The fourth-order valence-corrected chi connectivity index (χ4v) is 4.50. The van der Waals surface area contributed by atoms with Crippen LogP contribution in [0.25, 0.3) is 0 Å². The smallest absolute Gasteiger partial charge is 0.331 e. The van der Waals surface area contributed by atoms with Gasteiger partial charge in [0.1, 0.15) is 0 Å². The third-order valence-electron chi connectivity index (χ3n) is 6.91. The summed E-state index contributed by atoms with van der Waals surface area (Å²) < 4.78 is 0. The second-order valence-corrected chi connectivity index (χ2v) is 10.1. The van der Waals surface area contributed by atoms with Crippen molar-refractivity contribution in [3.05, 3.63) is 0 Å². The van der Waals surface area contributed by atoms with E-state index in [1.807, 2.05) is 0 Å². The number of rotatable bonds is 26. The summed E-state index contributed by atoms with van der Waals surface area (Å²) in [5.74, 6) is -1.54. The van der Waals surface area contributed by atoms with Crippen LogP contribution in [-0.4, -0.2) is 28.9 Å². The first-order chi connectivity index (χ1) is 16.0. The number of aliphatic carboxylic acids is 1. The van der Waals surface area contributed by atoms with Gasteiger partial charge < -0.3 is 16.6 Å². The molecule has 0 aromatic heterocycles. The number of Topliss-reactive ketones (excluding diaryl/α,β-unsaturated/α-hetero) is 1. The molecule has 0 bridgehead atoms. The molecular formula is C28H56N2O3. The Balaban J connectivity index is 3.47. The van der Waals surface area contributed by atoms with Gasteiger partial charge >= 0.3 is 5.97 Å². The van der Waals surface area contributed by atoms with E-state index < -0.39 is 11.5 Å². The van der Waals surface area contributed by atoms with Gasteiger partial charge in [-0.3, -0.25) is 4.79 Å². The largest absolute Gasteiger partial charge is 0.480 e. The van der Waals surface area contributed by atoms with Crippen molar-refractivity contribution in [3.63, 3.8) is 0 Å². The molecule has 0 aromatic carbocycles. The second kappa shape index (κ2) is 22.8. The summed E-state index contributed by atoms with van der Waals surface area (Å²) in [4.78, 5) is 23.8. The van der Waals surface area contributed by atoms with Crippen LogP contribution in [0.15, 0.2) is 0 Å². The van der Waals surface area contributed by atoms with E-state index in [0.717, 1.165) is 19.3 Å². The number of carboxylic acid groups (broad SMARTS) is 1. The lowest BCUT2D eigenvalue weighted by Crippen LogP contribution is -2.54. The van der Waals surface area contributed by atoms with Crippen LogP contribution >= 0.6 is 0 Å². The monoisotopic (exact) mass is 468 g/mol. The van der Waals surface area contributed by atoms with Crippen molar-refractivity contribution in [2.24, 2.45) is 11.5 Å². The van der Waals surface area contributed by atoms with E-state index >= 15 is 0 Å². The van der Waals surface area contributed by atoms with Crippen molar-refractivity contribution in [3.8, 4) is 0 Å². The highest BCUT2D eigenvalue weighted by molar-refractivity contribution is 6.07. The molecule has 0 aliphatic rings. The summed E-state index contributed by atoms with van der Waals surface area (Å²) in [7, 11) is 0. The first-order valence-corrected chi connectivity index (χ1v) is 14.2. The van der Waals surface area contributed by atoms with Crippen molar-refractivity contribution in [1.82, 2.24) is 0 Å². The topological polar surface area (TPSA) is 106 Å². The molecule has 5 nitrogen and oxygen atoms in total. The first-order valence-electron chi connectivity index (χ1n) is 14.2. The van der Waals surface area contributed by atoms with Gasteiger partial charge in [-0.05, 0) is 32.2 Å². The van der Waals surface area contributed by atoms with Crippen LogP contribution in [0.4, 0.5) is 0 Å². The van der Waals surface area contributed by atoms with Gasteiger partial charge in [0, 0.05) is 6.42 Å². The zero-order valence-corrected chi connectivity index (χ0v) is 21.9. The number of unbranched alkanes of at least 4 members (excludes halogenated alkanes) is 19. The lowest BCUT2D eigenvalue weighted by atomic mass is 9.86. The van der Waals surface area contributed by atoms with Crippen LogP contribution in [0.1, 0.15) is 155 Å². The fourth-order valence-electron chi connectivity index (χ4n) is 4.50. The van der Waals surface area contributed by atoms with Crippen LogP contribution in [0.2, 0.25) is 0 Å². The Hall–Kier alpha value is -0.940. The molecule has 0 aliphatic heterocycles. The zero-order chi connectivity index (χ0) is 24.6. The summed E-state index contributed by atoms with van der Waals surface area (Å²) in [5, 5.41) is 9.38. The van der Waals surface area contributed by atoms with Crippen molar-refractivity contribution < 1.29 is 14.7 Å². The highest BCUT2D eigenvalue weighted by Crippen LogP contribution is 2.18. The molecule has 5 heteroatoms. The number of hydrogen-bond donors (Lipinski definition) is 3. The van der Waals surface area contributed by atoms with E-state index in [1.54, 1.807) is 0 Å². The van der Waals surface area contributed by atoms with Gasteiger partial charge in [0.2, 0.25) is 0 Å². The van der Waals surface area contributed by atoms with E-state index in [-0.39, 0.29) is 18.6 Å². The summed E-state index contributed by atoms with van der Waals surface area (Å²) in [6.45, 7) is 2.76. The van der Waals surface area contributed by atoms with Crippen molar-refractivity contribution in [2.75, 3.05) is 6.54 Å². The number of nitrogens with two attached hydrogens (primary N) is 2. The van der Waals surface area contributed by atoms with Gasteiger partial charge in [0.15, 0.2) is 11.3 Å². The van der Waals surface area contributed by atoms with Gasteiger partial charge in [-0.15, -0.1) is 0 Å². The van der Waals surface area contributed by atoms with Crippen LogP contribution in [-0.2, 0) is 9.59 Å². The molecule has 33 heavy (non-hydrogen) atoms.